The van der Waals surface area contributed by atoms with E-state index in [1.165, 1.54) is 6.92 Å². The van der Waals surface area contributed by atoms with E-state index in [0.29, 0.717) is 5.75 Å². The Balaban J connectivity index is 2.15. The predicted molar refractivity (Wildman–Crippen MR) is 81.1 cm³/mol. The van der Waals surface area contributed by atoms with Crippen LogP contribution in [0.25, 0.3) is 0 Å². The van der Waals surface area contributed by atoms with Gasteiger partial charge in [-0.1, -0.05) is 18.2 Å². The molecule has 0 saturated carbocycles. The highest BCUT2D eigenvalue weighted by atomic mass is 127. The van der Waals surface area contributed by atoms with Crippen molar-refractivity contribution in [3.63, 3.8) is 0 Å². The summed E-state index contributed by atoms with van der Waals surface area (Å²) in [6.45, 7) is 1.61. The van der Waals surface area contributed by atoms with Crippen LogP contribution in [0.1, 0.15) is 12.5 Å². The normalized spacial score (nSPS) is 10.0. The maximum Gasteiger partial charge on any atom is 0.302 e. The van der Waals surface area contributed by atoms with Gasteiger partial charge in [0, 0.05) is 16.1 Å². The van der Waals surface area contributed by atoms with Gasteiger partial charge in [-0.25, -0.2) is 0 Å². The van der Waals surface area contributed by atoms with Crippen LogP contribution in [-0.2, 0) is 16.1 Å². The summed E-state index contributed by atoms with van der Waals surface area (Å²) in [5.41, 5.74) is 0.844. The Morgan fingerprint density at radius 3 is 2.47 bits per heavy atom. The van der Waals surface area contributed by atoms with Crippen molar-refractivity contribution >= 4 is 28.6 Å². The van der Waals surface area contributed by atoms with Gasteiger partial charge in [0.15, 0.2) is 0 Å². The van der Waals surface area contributed by atoms with E-state index in [4.69, 9.17) is 9.47 Å². The fourth-order valence-electron chi connectivity index (χ4n) is 1.53. The molecule has 0 amide bonds. The fraction of sp³-hybridized carbons (Fsp3) is 0.133. The van der Waals surface area contributed by atoms with Crippen molar-refractivity contribution < 1.29 is 14.3 Å². The summed E-state index contributed by atoms with van der Waals surface area (Å²) >= 11 is 2.24. The molecular weight excluding hydrogens is 355 g/mol. The summed E-state index contributed by atoms with van der Waals surface area (Å²) in [6.07, 6.45) is 0. The first-order valence-corrected chi connectivity index (χ1v) is 6.88. The number of halogens is 1. The molecule has 0 N–H and O–H groups in total. The lowest BCUT2D eigenvalue weighted by molar-refractivity contribution is -0.142. The van der Waals surface area contributed by atoms with Crippen molar-refractivity contribution in [2.75, 3.05) is 0 Å². The van der Waals surface area contributed by atoms with Crippen molar-refractivity contribution in [1.82, 2.24) is 0 Å². The van der Waals surface area contributed by atoms with Crippen molar-refractivity contribution in [1.29, 1.82) is 0 Å². The van der Waals surface area contributed by atoms with Gasteiger partial charge < -0.3 is 9.47 Å². The van der Waals surface area contributed by atoms with Crippen LogP contribution in [0.3, 0.4) is 0 Å². The van der Waals surface area contributed by atoms with Crippen LogP contribution in [0.5, 0.6) is 11.5 Å². The first-order chi connectivity index (χ1) is 9.15. The van der Waals surface area contributed by atoms with E-state index in [1.54, 1.807) is 0 Å². The molecule has 0 aromatic heterocycles. The molecule has 0 fully saturated rings. The summed E-state index contributed by atoms with van der Waals surface area (Å²) in [7, 11) is 0. The first-order valence-electron chi connectivity index (χ1n) is 5.80. The second-order valence-electron chi connectivity index (χ2n) is 3.94. The third kappa shape index (κ3) is 4.24. The molecule has 0 bridgehead atoms. The molecule has 0 aliphatic heterocycles. The topological polar surface area (TPSA) is 35.5 Å². The lowest BCUT2D eigenvalue weighted by atomic mass is 10.2. The molecule has 4 heteroatoms. The van der Waals surface area contributed by atoms with Crippen molar-refractivity contribution in [2.45, 2.75) is 13.5 Å². The quantitative estimate of drug-likeness (QED) is 0.601. The largest absolute Gasteiger partial charge is 0.461 e. The van der Waals surface area contributed by atoms with Crippen LogP contribution in [0, 0.1) is 3.57 Å². The second-order valence-corrected chi connectivity index (χ2v) is 5.19. The van der Waals surface area contributed by atoms with Gasteiger partial charge in [0.1, 0.15) is 18.1 Å². The van der Waals surface area contributed by atoms with Gasteiger partial charge in [-0.2, -0.15) is 0 Å². The number of hydrogen-bond acceptors (Lipinski definition) is 3. The minimum atomic E-state index is -0.302. The number of para-hydroxylation sites is 1. The lowest BCUT2D eigenvalue weighted by Gasteiger charge is -2.11. The zero-order valence-corrected chi connectivity index (χ0v) is 12.6. The van der Waals surface area contributed by atoms with E-state index >= 15 is 0 Å². The van der Waals surface area contributed by atoms with Crippen LogP contribution in [0.4, 0.5) is 0 Å². The third-order valence-electron chi connectivity index (χ3n) is 2.44. The zero-order valence-electron chi connectivity index (χ0n) is 10.4. The van der Waals surface area contributed by atoms with Crippen molar-refractivity contribution in [3.8, 4) is 11.5 Å². The Hall–Kier alpha value is -1.56. The van der Waals surface area contributed by atoms with E-state index in [2.05, 4.69) is 22.6 Å². The summed E-state index contributed by atoms with van der Waals surface area (Å²) in [4.78, 5) is 10.9. The maximum atomic E-state index is 10.9. The summed E-state index contributed by atoms with van der Waals surface area (Å²) < 4.78 is 12.0. The number of benzene rings is 2. The Kier molecular flexibility index (Phi) is 4.79. The minimum Gasteiger partial charge on any atom is -0.461 e. The number of hydrogen-bond donors (Lipinski definition) is 0. The molecule has 3 nitrogen and oxygen atoms in total. The molecule has 98 valence electrons. The molecule has 0 aliphatic carbocycles. The average molecular weight is 368 g/mol. The Labute approximate surface area is 125 Å². The molecule has 0 atom stereocenters. The lowest BCUT2D eigenvalue weighted by Crippen LogP contribution is -2.00. The second kappa shape index (κ2) is 6.56. The van der Waals surface area contributed by atoms with E-state index in [9.17, 15) is 4.79 Å². The third-order valence-corrected chi connectivity index (χ3v) is 3.16. The van der Waals surface area contributed by atoms with Crippen LogP contribution in [0.2, 0.25) is 0 Å². The van der Waals surface area contributed by atoms with Gasteiger partial charge in [0.2, 0.25) is 0 Å². The molecule has 0 aliphatic rings. The average Bonchev–Trinajstić information content (AvgIpc) is 2.40. The number of ether oxygens (including phenoxy) is 2. The van der Waals surface area contributed by atoms with E-state index in [-0.39, 0.29) is 12.6 Å². The van der Waals surface area contributed by atoms with Crippen LogP contribution in [-0.4, -0.2) is 5.97 Å². The number of esters is 1. The summed E-state index contributed by atoms with van der Waals surface area (Å²) in [6, 6.07) is 15.3. The van der Waals surface area contributed by atoms with Crippen molar-refractivity contribution in [3.05, 3.63) is 57.7 Å². The molecule has 0 saturated heterocycles. The SMILES string of the molecule is CC(=O)OCc1ccccc1Oc1ccc(I)cc1. The van der Waals surface area contributed by atoms with E-state index < -0.39 is 0 Å². The molecule has 0 spiro atoms. The molecular formula is C15H13IO3. The highest BCUT2D eigenvalue weighted by molar-refractivity contribution is 14.1. The number of rotatable bonds is 4. The zero-order chi connectivity index (χ0) is 13.7. The maximum absolute atomic E-state index is 10.9. The highest BCUT2D eigenvalue weighted by Crippen LogP contribution is 2.26. The van der Waals surface area contributed by atoms with Crippen LogP contribution < -0.4 is 4.74 Å². The Bertz CT molecular complexity index is 564. The van der Waals surface area contributed by atoms with Gasteiger partial charge in [-0.3, -0.25) is 4.79 Å². The molecule has 0 radical (unpaired) electrons. The van der Waals surface area contributed by atoms with Crippen LogP contribution >= 0.6 is 22.6 Å². The standard InChI is InChI=1S/C15H13IO3/c1-11(17)18-10-12-4-2-3-5-15(12)19-14-8-6-13(16)7-9-14/h2-9H,10H2,1H3. The summed E-state index contributed by atoms with van der Waals surface area (Å²) in [5, 5.41) is 0. The van der Waals surface area contributed by atoms with Gasteiger partial charge in [-0.05, 0) is 52.9 Å². The van der Waals surface area contributed by atoms with Gasteiger partial charge in [0.05, 0.1) is 0 Å². The monoisotopic (exact) mass is 368 g/mol. The van der Waals surface area contributed by atoms with Gasteiger partial charge in [0.25, 0.3) is 0 Å². The van der Waals surface area contributed by atoms with Gasteiger partial charge >= 0.3 is 5.97 Å². The minimum absolute atomic E-state index is 0.218. The molecule has 0 unspecified atom stereocenters. The number of carbonyl (C=O) groups excluding carboxylic acids is 1. The Morgan fingerprint density at radius 1 is 1.11 bits per heavy atom. The van der Waals surface area contributed by atoms with E-state index in [1.807, 2.05) is 48.5 Å². The Morgan fingerprint density at radius 2 is 1.79 bits per heavy atom. The highest BCUT2D eigenvalue weighted by Gasteiger charge is 2.06. The molecule has 2 aromatic carbocycles. The molecule has 19 heavy (non-hydrogen) atoms. The summed E-state index contributed by atoms with van der Waals surface area (Å²) in [5.74, 6) is 1.16. The predicted octanol–water partition coefficient (Wildman–Crippen LogP) is 4.15. The molecule has 2 rings (SSSR count). The smallest absolute Gasteiger partial charge is 0.302 e. The van der Waals surface area contributed by atoms with Crippen LogP contribution in [0.15, 0.2) is 48.5 Å². The molecule has 2 aromatic rings. The van der Waals surface area contributed by atoms with Gasteiger partial charge in [-0.15, -0.1) is 0 Å². The van der Waals surface area contributed by atoms with Crippen molar-refractivity contribution in [2.24, 2.45) is 0 Å². The fourth-order valence-corrected chi connectivity index (χ4v) is 1.89. The number of carbonyl (C=O) groups is 1. The first kappa shape index (κ1) is 13.9. The molecule has 0 heterocycles. The van der Waals surface area contributed by atoms with E-state index in [0.717, 1.165) is 14.9 Å².